The van der Waals surface area contributed by atoms with Crippen LogP contribution in [0.1, 0.15) is 10.4 Å². The van der Waals surface area contributed by atoms with Gasteiger partial charge in [0, 0.05) is 29.1 Å². The Labute approximate surface area is 114 Å². The minimum Gasteiger partial charge on any atom is -0.497 e. The average molecular weight is 278 g/mol. The summed E-state index contributed by atoms with van der Waals surface area (Å²) in [5, 5.41) is 2.39. The summed E-state index contributed by atoms with van der Waals surface area (Å²) in [4.78, 5) is 12.0. The molecule has 0 atom stereocenters. The molecule has 2 rings (SSSR count). The van der Waals surface area contributed by atoms with Crippen LogP contribution in [0.5, 0.6) is 5.75 Å². The zero-order chi connectivity index (χ0) is 14.7. The maximum atomic E-state index is 13.0. The number of carbonyl (C=O) groups is 1. The van der Waals surface area contributed by atoms with Gasteiger partial charge in [0.2, 0.25) is 0 Å². The fourth-order valence-electron chi connectivity index (χ4n) is 1.70. The molecule has 0 aromatic heterocycles. The van der Waals surface area contributed by atoms with Crippen LogP contribution in [-0.4, -0.2) is 13.0 Å². The van der Waals surface area contributed by atoms with Crippen molar-refractivity contribution in [3.05, 3.63) is 53.6 Å². The smallest absolute Gasteiger partial charge is 0.255 e. The molecule has 0 saturated heterocycles. The molecule has 0 bridgehead atoms. The third kappa shape index (κ3) is 3.23. The highest BCUT2D eigenvalue weighted by atomic mass is 19.1. The van der Waals surface area contributed by atoms with E-state index in [1.807, 2.05) is 0 Å². The monoisotopic (exact) mass is 278 g/mol. The lowest BCUT2D eigenvalue weighted by Crippen LogP contribution is -2.12. The van der Waals surface area contributed by atoms with Gasteiger partial charge in [0.25, 0.3) is 5.91 Å². The van der Waals surface area contributed by atoms with E-state index < -0.39 is 17.5 Å². The molecule has 0 aliphatic rings. The molecule has 3 N–H and O–H groups in total. The summed E-state index contributed by atoms with van der Waals surface area (Å²) in [6.45, 7) is 0. The Morgan fingerprint density at radius 1 is 1.10 bits per heavy atom. The van der Waals surface area contributed by atoms with Crippen LogP contribution in [0.2, 0.25) is 0 Å². The van der Waals surface area contributed by atoms with Crippen LogP contribution >= 0.6 is 0 Å². The van der Waals surface area contributed by atoms with Crippen molar-refractivity contribution in [1.82, 2.24) is 0 Å². The van der Waals surface area contributed by atoms with E-state index in [1.165, 1.54) is 19.2 Å². The van der Waals surface area contributed by atoms with Gasteiger partial charge >= 0.3 is 0 Å². The Balaban J connectivity index is 2.25. The zero-order valence-electron chi connectivity index (χ0n) is 10.6. The summed E-state index contributed by atoms with van der Waals surface area (Å²) >= 11 is 0. The Bertz CT molecular complexity index is 639. The molecule has 6 heteroatoms. The number of hydrogen-bond donors (Lipinski definition) is 2. The second-order valence-corrected chi connectivity index (χ2v) is 4.11. The number of anilines is 2. The highest BCUT2D eigenvalue weighted by Gasteiger charge is 2.10. The third-order valence-corrected chi connectivity index (χ3v) is 2.55. The number of rotatable bonds is 3. The van der Waals surface area contributed by atoms with Crippen LogP contribution in [0.4, 0.5) is 20.2 Å². The second-order valence-electron chi connectivity index (χ2n) is 4.11. The maximum Gasteiger partial charge on any atom is 0.255 e. The van der Waals surface area contributed by atoms with Gasteiger partial charge in [-0.3, -0.25) is 4.79 Å². The second kappa shape index (κ2) is 5.56. The van der Waals surface area contributed by atoms with Crippen LogP contribution < -0.4 is 15.8 Å². The molecule has 0 saturated carbocycles. The number of nitrogens with one attached hydrogen (secondary N) is 1. The molecular formula is C14H12F2N2O2. The number of hydrogen-bond acceptors (Lipinski definition) is 3. The van der Waals surface area contributed by atoms with Gasteiger partial charge in [-0.1, -0.05) is 0 Å². The lowest BCUT2D eigenvalue weighted by molar-refractivity contribution is 0.102. The van der Waals surface area contributed by atoms with Crippen molar-refractivity contribution in [2.75, 3.05) is 18.2 Å². The quantitative estimate of drug-likeness (QED) is 0.848. The number of benzene rings is 2. The zero-order valence-corrected chi connectivity index (χ0v) is 10.6. The number of halogens is 2. The van der Waals surface area contributed by atoms with Crippen molar-refractivity contribution in [3.63, 3.8) is 0 Å². The first-order chi connectivity index (χ1) is 9.47. The van der Waals surface area contributed by atoms with Crippen LogP contribution in [0.3, 0.4) is 0 Å². The molecule has 0 heterocycles. The van der Waals surface area contributed by atoms with Crippen LogP contribution in [-0.2, 0) is 0 Å². The molecule has 2 aromatic carbocycles. The number of ether oxygens (including phenoxy) is 1. The van der Waals surface area contributed by atoms with Gasteiger partial charge in [0.05, 0.1) is 7.11 Å². The molecule has 20 heavy (non-hydrogen) atoms. The molecule has 0 radical (unpaired) electrons. The van der Waals surface area contributed by atoms with E-state index in [4.69, 9.17) is 10.5 Å². The lowest BCUT2D eigenvalue weighted by Gasteiger charge is -2.08. The first-order valence-electron chi connectivity index (χ1n) is 5.70. The molecule has 0 unspecified atom stereocenters. The van der Waals surface area contributed by atoms with Gasteiger partial charge in [-0.25, -0.2) is 8.78 Å². The highest BCUT2D eigenvalue weighted by molar-refractivity contribution is 6.05. The van der Waals surface area contributed by atoms with Gasteiger partial charge in [-0.05, 0) is 24.3 Å². The number of nitrogen functional groups attached to an aromatic ring is 1. The van der Waals surface area contributed by atoms with E-state index in [2.05, 4.69) is 5.32 Å². The summed E-state index contributed by atoms with van der Waals surface area (Å²) in [7, 11) is 1.44. The van der Waals surface area contributed by atoms with E-state index in [0.717, 1.165) is 18.2 Å². The minimum absolute atomic E-state index is 0.0221. The average Bonchev–Trinajstić information content (AvgIpc) is 2.36. The first kappa shape index (κ1) is 13.8. The summed E-state index contributed by atoms with van der Waals surface area (Å²) in [6, 6.07) is 7.22. The molecule has 1 amide bonds. The first-order valence-corrected chi connectivity index (χ1v) is 5.70. The fourth-order valence-corrected chi connectivity index (χ4v) is 1.70. The molecule has 0 fully saturated rings. The topological polar surface area (TPSA) is 64.3 Å². The third-order valence-electron chi connectivity index (χ3n) is 2.55. The SMILES string of the molecule is COc1cc(N)cc(C(=O)Nc2cc(F)cc(F)c2)c1. The van der Waals surface area contributed by atoms with Crippen LogP contribution in [0, 0.1) is 11.6 Å². The molecule has 0 aliphatic heterocycles. The molecule has 4 nitrogen and oxygen atoms in total. The summed E-state index contributed by atoms with van der Waals surface area (Å²) in [6.07, 6.45) is 0. The van der Waals surface area contributed by atoms with Gasteiger partial charge in [0.1, 0.15) is 17.4 Å². The van der Waals surface area contributed by atoms with Crippen LogP contribution in [0.25, 0.3) is 0 Å². The van der Waals surface area contributed by atoms with Crippen molar-refractivity contribution in [2.24, 2.45) is 0 Å². The predicted octanol–water partition coefficient (Wildman–Crippen LogP) is 2.81. The van der Waals surface area contributed by atoms with E-state index in [0.29, 0.717) is 11.4 Å². The number of amides is 1. The molecule has 2 aromatic rings. The van der Waals surface area contributed by atoms with E-state index in [-0.39, 0.29) is 11.3 Å². The van der Waals surface area contributed by atoms with Crippen molar-refractivity contribution in [3.8, 4) is 5.75 Å². The Morgan fingerprint density at radius 3 is 2.35 bits per heavy atom. The number of methoxy groups -OCH3 is 1. The van der Waals surface area contributed by atoms with Crippen molar-refractivity contribution in [1.29, 1.82) is 0 Å². The summed E-state index contributed by atoms with van der Waals surface area (Å²) < 4.78 is 31.1. The van der Waals surface area contributed by atoms with Gasteiger partial charge < -0.3 is 15.8 Å². The fraction of sp³-hybridized carbons (Fsp3) is 0.0714. The van der Waals surface area contributed by atoms with E-state index in [9.17, 15) is 13.6 Å². The van der Waals surface area contributed by atoms with Gasteiger partial charge in [-0.2, -0.15) is 0 Å². The van der Waals surface area contributed by atoms with Gasteiger partial charge in [0.15, 0.2) is 0 Å². The molecule has 0 spiro atoms. The number of nitrogens with two attached hydrogens (primary N) is 1. The molecular weight excluding hydrogens is 266 g/mol. The van der Waals surface area contributed by atoms with Crippen molar-refractivity contribution < 1.29 is 18.3 Å². The van der Waals surface area contributed by atoms with Crippen LogP contribution in [0.15, 0.2) is 36.4 Å². The molecule has 0 aliphatic carbocycles. The largest absolute Gasteiger partial charge is 0.497 e. The van der Waals surface area contributed by atoms with Crippen molar-refractivity contribution in [2.45, 2.75) is 0 Å². The summed E-state index contributed by atoms with van der Waals surface area (Å²) in [5.41, 5.74) is 6.23. The lowest BCUT2D eigenvalue weighted by atomic mass is 10.1. The molecule has 104 valence electrons. The minimum atomic E-state index is -0.773. The Morgan fingerprint density at radius 2 is 1.75 bits per heavy atom. The van der Waals surface area contributed by atoms with E-state index in [1.54, 1.807) is 6.07 Å². The number of carbonyl (C=O) groups excluding carboxylic acids is 1. The van der Waals surface area contributed by atoms with E-state index >= 15 is 0 Å². The highest BCUT2D eigenvalue weighted by Crippen LogP contribution is 2.20. The standard InChI is InChI=1S/C14H12F2N2O2/c1-20-13-3-8(2-11(17)7-13)14(19)18-12-5-9(15)4-10(16)6-12/h2-7H,17H2,1H3,(H,18,19). The predicted molar refractivity (Wildman–Crippen MR) is 71.7 cm³/mol. The Hall–Kier alpha value is -2.63. The maximum absolute atomic E-state index is 13.0. The van der Waals surface area contributed by atoms with Gasteiger partial charge in [-0.15, -0.1) is 0 Å². The normalized spacial score (nSPS) is 10.2. The Kier molecular flexibility index (Phi) is 3.84. The van der Waals surface area contributed by atoms with Crippen molar-refractivity contribution >= 4 is 17.3 Å². The summed E-state index contributed by atoms with van der Waals surface area (Å²) in [5.74, 6) is -1.67.